The number of rotatable bonds is 6. The third-order valence-electron chi connectivity index (χ3n) is 2.98. The summed E-state index contributed by atoms with van der Waals surface area (Å²) in [4.78, 5) is 22.3. The molecule has 0 radical (unpaired) electrons. The van der Waals surface area contributed by atoms with Gasteiger partial charge in [0.1, 0.15) is 5.82 Å². The van der Waals surface area contributed by atoms with Crippen molar-refractivity contribution < 1.29 is 19.1 Å². The summed E-state index contributed by atoms with van der Waals surface area (Å²) in [6, 6.07) is 4.02. The fourth-order valence-corrected chi connectivity index (χ4v) is 1.74. The van der Waals surface area contributed by atoms with Gasteiger partial charge in [0.25, 0.3) is 5.91 Å². The van der Waals surface area contributed by atoms with Crippen LogP contribution >= 0.6 is 0 Å². The van der Waals surface area contributed by atoms with E-state index in [0.717, 1.165) is 25.0 Å². The van der Waals surface area contributed by atoms with Crippen LogP contribution in [0, 0.1) is 5.82 Å². The summed E-state index contributed by atoms with van der Waals surface area (Å²) in [5, 5.41) is 11.2. The number of carboxylic acid groups (broad SMARTS) is 1. The quantitative estimate of drug-likeness (QED) is 0.787. The zero-order chi connectivity index (χ0) is 15.1. The Labute approximate surface area is 117 Å². The van der Waals surface area contributed by atoms with Gasteiger partial charge in [0.05, 0.1) is 5.56 Å². The molecule has 4 nitrogen and oxygen atoms in total. The largest absolute Gasteiger partial charge is 0.478 e. The average molecular weight is 279 g/mol. The zero-order valence-corrected chi connectivity index (χ0v) is 11.5. The first-order valence-corrected chi connectivity index (χ1v) is 6.49. The lowest BCUT2D eigenvalue weighted by Crippen LogP contribution is -2.34. The first-order valence-electron chi connectivity index (χ1n) is 6.49. The van der Waals surface area contributed by atoms with E-state index in [1.165, 1.54) is 18.2 Å². The maximum atomic E-state index is 13.8. The number of nitrogens with one attached hydrogen (secondary N) is 1. The van der Waals surface area contributed by atoms with Gasteiger partial charge in [-0.2, -0.15) is 0 Å². The summed E-state index contributed by atoms with van der Waals surface area (Å²) in [6.07, 6.45) is 3.75. The van der Waals surface area contributed by atoms with E-state index in [9.17, 15) is 14.0 Å². The van der Waals surface area contributed by atoms with Crippen LogP contribution in [0.15, 0.2) is 24.3 Å². The van der Waals surface area contributed by atoms with Gasteiger partial charge in [0, 0.05) is 12.1 Å². The molecule has 0 unspecified atom stereocenters. The van der Waals surface area contributed by atoms with Crippen molar-refractivity contribution in [2.45, 2.75) is 32.7 Å². The number of carbonyl (C=O) groups is 2. The number of amides is 1. The molecule has 2 N–H and O–H groups in total. The van der Waals surface area contributed by atoms with Crippen molar-refractivity contribution in [1.82, 2.24) is 5.32 Å². The van der Waals surface area contributed by atoms with Crippen molar-refractivity contribution in [1.29, 1.82) is 0 Å². The lowest BCUT2D eigenvalue weighted by atomic mass is 10.1. The van der Waals surface area contributed by atoms with Crippen LogP contribution in [-0.4, -0.2) is 23.0 Å². The molecule has 0 heterocycles. The minimum atomic E-state index is -1.11. The van der Waals surface area contributed by atoms with E-state index in [-0.39, 0.29) is 11.6 Å². The second-order valence-electron chi connectivity index (χ2n) is 4.40. The van der Waals surface area contributed by atoms with E-state index in [1.54, 1.807) is 0 Å². The monoisotopic (exact) mass is 279 g/mol. The maximum absolute atomic E-state index is 13.8. The Morgan fingerprint density at radius 1 is 1.35 bits per heavy atom. The summed E-state index contributed by atoms with van der Waals surface area (Å²) in [7, 11) is 0. The Hall–Kier alpha value is -2.17. The predicted octanol–water partition coefficient (Wildman–Crippen LogP) is 2.84. The third-order valence-corrected chi connectivity index (χ3v) is 2.98. The third kappa shape index (κ3) is 4.50. The SMILES string of the molecule is CCC(CC)NC(=O)c1ccc(C=CC(=O)O)cc1F. The summed E-state index contributed by atoms with van der Waals surface area (Å²) < 4.78 is 13.8. The van der Waals surface area contributed by atoms with Gasteiger partial charge in [-0.15, -0.1) is 0 Å². The first kappa shape index (κ1) is 15.9. The Bertz CT molecular complexity index is 522. The van der Waals surface area contributed by atoms with Gasteiger partial charge in [-0.1, -0.05) is 19.9 Å². The summed E-state index contributed by atoms with van der Waals surface area (Å²) in [5.74, 6) is -2.23. The van der Waals surface area contributed by atoms with Crippen molar-refractivity contribution >= 4 is 18.0 Å². The predicted molar refractivity (Wildman–Crippen MR) is 74.9 cm³/mol. The molecule has 0 aliphatic heterocycles. The smallest absolute Gasteiger partial charge is 0.328 e. The molecule has 108 valence electrons. The topological polar surface area (TPSA) is 66.4 Å². The Morgan fingerprint density at radius 2 is 2.00 bits per heavy atom. The lowest BCUT2D eigenvalue weighted by Gasteiger charge is -2.15. The van der Waals surface area contributed by atoms with Crippen LogP contribution < -0.4 is 5.32 Å². The molecular weight excluding hydrogens is 261 g/mol. The van der Waals surface area contributed by atoms with Crippen molar-refractivity contribution in [3.8, 4) is 0 Å². The van der Waals surface area contributed by atoms with Crippen LogP contribution in [0.4, 0.5) is 4.39 Å². The van der Waals surface area contributed by atoms with Gasteiger partial charge in [0.2, 0.25) is 0 Å². The van der Waals surface area contributed by atoms with Crippen molar-refractivity contribution in [2.75, 3.05) is 0 Å². The van der Waals surface area contributed by atoms with Gasteiger partial charge in [-0.05, 0) is 36.6 Å². The number of hydrogen-bond acceptors (Lipinski definition) is 2. The number of halogens is 1. The molecule has 0 spiro atoms. The molecule has 1 amide bonds. The van der Waals surface area contributed by atoms with Gasteiger partial charge in [-0.3, -0.25) is 4.79 Å². The van der Waals surface area contributed by atoms with Crippen molar-refractivity contribution in [3.63, 3.8) is 0 Å². The van der Waals surface area contributed by atoms with Crippen LogP contribution in [0.2, 0.25) is 0 Å². The minimum absolute atomic E-state index is 0.0217. The number of carboxylic acids is 1. The summed E-state index contributed by atoms with van der Waals surface area (Å²) in [5.41, 5.74) is 0.355. The van der Waals surface area contributed by atoms with E-state index < -0.39 is 17.7 Å². The summed E-state index contributed by atoms with van der Waals surface area (Å²) in [6.45, 7) is 3.90. The van der Waals surface area contributed by atoms with Crippen LogP contribution in [0.5, 0.6) is 0 Å². The molecule has 1 aromatic carbocycles. The Balaban J connectivity index is 2.87. The standard InChI is InChI=1S/C15H18FNO3/c1-3-11(4-2)17-15(20)12-7-5-10(9-13(12)16)6-8-14(18)19/h5-9,11H,3-4H2,1-2H3,(H,17,20)(H,18,19). The molecule has 0 aliphatic rings. The zero-order valence-electron chi connectivity index (χ0n) is 11.5. The van der Waals surface area contributed by atoms with Gasteiger partial charge in [0.15, 0.2) is 0 Å². The molecular formula is C15H18FNO3. The molecule has 20 heavy (non-hydrogen) atoms. The van der Waals surface area contributed by atoms with E-state index in [4.69, 9.17) is 5.11 Å². The van der Waals surface area contributed by atoms with Gasteiger partial charge in [-0.25, -0.2) is 9.18 Å². The summed E-state index contributed by atoms with van der Waals surface area (Å²) >= 11 is 0. The Morgan fingerprint density at radius 3 is 2.50 bits per heavy atom. The van der Waals surface area contributed by atoms with Crippen LogP contribution in [0.1, 0.15) is 42.6 Å². The highest BCUT2D eigenvalue weighted by molar-refractivity contribution is 5.95. The second-order valence-corrected chi connectivity index (χ2v) is 4.40. The highest BCUT2D eigenvalue weighted by Gasteiger charge is 2.14. The molecule has 0 atom stereocenters. The average Bonchev–Trinajstić information content (AvgIpc) is 2.42. The molecule has 1 rings (SSSR count). The fraction of sp³-hybridized carbons (Fsp3) is 0.333. The minimum Gasteiger partial charge on any atom is -0.478 e. The molecule has 1 aromatic rings. The van der Waals surface area contributed by atoms with E-state index in [0.29, 0.717) is 5.56 Å². The van der Waals surface area contributed by atoms with E-state index in [2.05, 4.69) is 5.32 Å². The molecule has 0 fully saturated rings. The number of hydrogen-bond donors (Lipinski definition) is 2. The molecule has 0 aromatic heterocycles. The number of carbonyl (C=O) groups excluding carboxylic acids is 1. The van der Waals surface area contributed by atoms with Gasteiger partial charge < -0.3 is 10.4 Å². The van der Waals surface area contributed by atoms with Crippen molar-refractivity contribution in [3.05, 3.63) is 41.2 Å². The molecule has 0 aliphatic carbocycles. The van der Waals surface area contributed by atoms with Crippen LogP contribution in [0.3, 0.4) is 0 Å². The highest BCUT2D eigenvalue weighted by Crippen LogP contribution is 2.12. The molecule has 0 bridgehead atoms. The maximum Gasteiger partial charge on any atom is 0.328 e. The molecule has 0 saturated carbocycles. The van der Waals surface area contributed by atoms with Crippen LogP contribution in [0.25, 0.3) is 6.08 Å². The number of aliphatic carboxylic acids is 1. The Kier molecular flexibility index (Phi) is 5.90. The lowest BCUT2D eigenvalue weighted by molar-refractivity contribution is -0.131. The highest BCUT2D eigenvalue weighted by atomic mass is 19.1. The van der Waals surface area contributed by atoms with Crippen molar-refractivity contribution in [2.24, 2.45) is 0 Å². The van der Waals surface area contributed by atoms with E-state index >= 15 is 0 Å². The van der Waals surface area contributed by atoms with Crippen LogP contribution in [-0.2, 0) is 4.79 Å². The van der Waals surface area contributed by atoms with Gasteiger partial charge >= 0.3 is 5.97 Å². The number of benzene rings is 1. The molecule has 5 heteroatoms. The van der Waals surface area contributed by atoms with E-state index in [1.807, 2.05) is 13.8 Å². The second kappa shape index (κ2) is 7.43. The molecule has 0 saturated heterocycles. The normalized spacial score (nSPS) is 11.0. The first-order chi connectivity index (χ1) is 9.47. The fourth-order valence-electron chi connectivity index (χ4n) is 1.74.